The third kappa shape index (κ3) is 5.90. The highest BCUT2D eigenvalue weighted by Gasteiger charge is 2.26. The SMILES string of the molecule is CC(C)(C)[C@@H](N)C(=O)NCCOC(N)=O. The van der Waals surface area contributed by atoms with Crippen LogP contribution < -0.4 is 16.8 Å². The van der Waals surface area contributed by atoms with Gasteiger partial charge in [-0.3, -0.25) is 4.79 Å². The summed E-state index contributed by atoms with van der Waals surface area (Å²) in [6, 6.07) is -0.592. The molecule has 0 fully saturated rings. The maximum atomic E-state index is 11.4. The standard InChI is InChI=1S/C9H19N3O3/c1-9(2,3)6(10)7(13)12-4-5-15-8(11)14/h6H,4-5,10H2,1-3H3,(H2,11,14)(H,12,13)/t6-/m0/s1. The van der Waals surface area contributed by atoms with Gasteiger partial charge in [0.1, 0.15) is 6.61 Å². The molecular weight excluding hydrogens is 198 g/mol. The van der Waals surface area contributed by atoms with Crippen molar-refractivity contribution in [2.45, 2.75) is 26.8 Å². The summed E-state index contributed by atoms with van der Waals surface area (Å²) < 4.78 is 4.44. The molecule has 15 heavy (non-hydrogen) atoms. The Morgan fingerprint density at radius 2 is 1.93 bits per heavy atom. The topological polar surface area (TPSA) is 107 Å². The molecule has 0 aliphatic rings. The van der Waals surface area contributed by atoms with Crippen LogP contribution in [-0.2, 0) is 9.53 Å². The highest BCUT2D eigenvalue weighted by atomic mass is 16.5. The maximum absolute atomic E-state index is 11.4. The van der Waals surface area contributed by atoms with Crippen molar-refractivity contribution in [1.82, 2.24) is 5.32 Å². The monoisotopic (exact) mass is 217 g/mol. The van der Waals surface area contributed by atoms with Crippen molar-refractivity contribution in [3.05, 3.63) is 0 Å². The van der Waals surface area contributed by atoms with Gasteiger partial charge in [-0.15, -0.1) is 0 Å². The van der Waals surface area contributed by atoms with Crippen LogP contribution in [0, 0.1) is 5.41 Å². The molecule has 0 aromatic carbocycles. The maximum Gasteiger partial charge on any atom is 0.404 e. The number of amides is 2. The number of hydrogen-bond donors (Lipinski definition) is 3. The van der Waals surface area contributed by atoms with Crippen LogP contribution in [-0.4, -0.2) is 31.2 Å². The molecule has 0 bridgehead atoms. The zero-order chi connectivity index (χ0) is 12.1. The van der Waals surface area contributed by atoms with E-state index in [1.54, 1.807) is 0 Å². The molecule has 0 saturated carbocycles. The Morgan fingerprint density at radius 3 is 2.33 bits per heavy atom. The van der Waals surface area contributed by atoms with Gasteiger partial charge in [-0.1, -0.05) is 20.8 Å². The molecule has 0 heterocycles. The smallest absolute Gasteiger partial charge is 0.404 e. The van der Waals surface area contributed by atoms with Crippen LogP contribution in [0.1, 0.15) is 20.8 Å². The quantitative estimate of drug-likeness (QED) is 0.555. The molecule has 0 aromatic rings. The number of carbonyl (C=O) groups is 2. The van der Waals surface area contributed by atoms with E-state index >= 15 is 0 Å². The van der Waals surface area contributed by atoms with E-state index in [4.69, 9.17) is 11.5 Å². The van der Waals surface area contributed by atoms with Gasteiger partial charge < -0.3 is 21.5 Å². The van der Waals surface area contributed by atoms with E-state index in [2.05, 4.69) is 10.1 Å². The minimum atomic E-state index is -0.857. The van der Waals surface area contributed by atoms with Gasteiger partial charge in [0.15, 0.2) is 0 Å². The Balaban J connectivity index is 3.80. The van der Waals surface area contributed by atoms with E-state index in [0.29, 0.717) is 0 Å². The lowest BCUT2D eigenvalue weighted by atomic mass is 9.87. The van der Waals surface area contributed by atoms with Crippen molar-refractivity contribution in [1.29, 1.82) is 0 Å². The van der Waals surface area contributed by atoms with Gasteiger partial charge in [0.25, 0.3) is 0 Å². The van der Waals surface area contributed by atoms with Crippen molar-refractivity contribution in [3.63, 3.8) is 0 Å². The molecule has 0 saturated heterocycles. The van der Waals surface area contributed by atoms with Crippen molar-refractivity contribution >= 4 is 12.0 Å². The van der Waals surface area contributed by atoms with E-state index in [0.717, 1.165) is 0 Å². The summed E-state index contributed by atoms with van der Waals surface area (Å²) in [5.74, 6) is -0.268. The minimum absolute atomic E-state index is 0.0535. The summed E-state index contributed by atoms with van der Waals surface area (Å²) >= 11 is 0. The van der Waals surface area contributed by atoms with Crippen LogP contribution in [0.3, 0.4) is 0 Å². The van der Waals surface area contributed by atoms with Crippen LogP contribution >= 0.6 is 0 Å². The van der Waals surface area contributed by atoms with Crippen LogP contribution in [0.4, 0.5) is 4.79 Å². The molecule has 1 atom stereocenters. The Kier molecular flexibility index (Phi) is 5.07. The molecule has 88 valence electrons. The highest BCUT2D eigenvalue weighted by molar-refractivity contribution is 5.82. The van der Waals surface area contributed by atoms with Crippen LogP contribution in [0.25, 0.3) is 0 Å². The van der Waals surface area contributed by atoms with Gasteiger partial charge in [-0.05, 0) is 5.41 Å². The molecule has 0 rings (SSSR count). The van der Waals surface area contributed by atoms with Crippen molar-refractivity contribution in [2.24, 2.45) is 16.9 Å². The molecule has 2 amide bonds. The summed E-state index contributed by atoms with van der Waals surface area (Å²) in [5.41, 5.74) is 10.1. The third-order valence-electron chi connectivity index (χ3n) is 1.86. The highest BCUT2D eigenvalue weighted by Crippen LogP contribution is 2.16. The summed E-state index contributed by atoms with van der Waals surface area (Å²) in [7, 11) is 0. The molecule has 0 aliphatic heterocycles. The number of rotatable bonds is 4. The number of primary amides is 1. The number of ether oxygens (including phenoxy) is 1. The molecule has 6 nitrogen and oxygen atoms in total. The molecule has 6 heteroatoms. The molecule has 5 N–H and O–H groups in total. The van der Waals surface area contributed by atoms with Gasteiger partial charge in [0, 0.05) is 0 Å². The fourth-order valence-electron chi connectivity index (χ4n) is 0.829. The van der Waals surface area contributed by atoms with Crippen LogP contribution in [0.2, 0.25) is 0 Å². The van der Waals surface area contributed by atoms with Crippen molar-refractivity contribution in [2.75, 3.05) is 13.2 Å². The lowest BCUT2D eigenvalue weighted by molar-refractivity contribution is -0.124. The minimum Gasteiger partial charge on any atom is -0.448 e. The first-order valence-electron chi connectivity index (χ1n) is 4.70. The average molecular weight is 217 g/mol. The van der Waals surface area contributed by atoms with E-state index < -0.39 is 12.1 Å². The lowest BCUT2D eigenvalue weighted by Gasteiger charge is -2.25. The summed E-state index contributed by atoms with van der Waals surface area (Å²) in [4.78, 5) is 21.6. The van der Waals surface area contributed by atoms with Crippen LogP contribution in [0.5, 0.6) is 0 Å². The fourth-order valence-corrected chi connectivity index (χ4v) is 0.829. The first kappa shape index (κ1) is 13.7. The Morgan fingerprint density at radius 1 is 1.40 bits per heavy atom. The largest absolute Gasteiger partial charge is 0.448 e. The van der Waals surface area contributed by atoms with Gasteiger partial charge in [-0.25, -0.2) is 4.79 Å². The summed E-state index contributed by atoms with van der Waals surface area (Å²) in [5, 5.41) is 2.55. The zero-order valence-electron chi connectivity index (χ0n) is 9.37. The first-order valence-corrected chi connectivity index (χ1v) is 4.70. The number of nitrogens with two attached hydrogens (primary N) is 2. The fraction of sp³-hybridized carbons (Fsp3) is 0.778. The van der Waals surface area contributed by atoms with Gasteiger partial charge >= 0.3 is 6.09 Å². The molecule has 0 aromatic heterocycles. The predicted octanol–water partition coefficient (Wildman–Crippen LogP) is -0.429. The molecule has 0 aliphatic carbocycles. The molecular formula is C9H19N3O3. The lowest BCUT2D eigenvalue weighted by Crippen LogP contribution is -2.49. The Bertz CT molecular complexity index is 235. The molecule has 0 unspecified atom stereocenters. The van der Waals surface area contributed by atoms with Gasteiger partial charge in [0.2, 0.25) is 5.91 Å². The van der Waals surface area contributed by atoms with Crippen molar-refractivity contribution < 1.29 is 14.3 Å². The normalized spacial score (nSPS) is 13.1. The van der Waals surface area contributed by atoms with Gasteiger partial charge in [0.05, 0.1) is 12.6 Å². The molecule has 0 radical (unpaired) electrons. The number of carbonyl (C=O) groups excluding carboxylic acids is 2. The van der Waals surface area contributed by atoms with Crippen LogP contribution in [0.15, 0.2) is 0 Å². The second kappa shape index (κ2) is 5.55. The van der Waals surface area contributed by atoms with E-state index in [9.17, 15) is 9.59 Å². The second-order valence-corrected chi connectivity index (χ2v) is 4.30. The first-order chi connectivity index (χ1) is 6.75. The summed E-state index contributed by atoms with van der Waals surface area (Å²) in [6.45, 7) is 5.88. The Labute approximate surface area is 89.3 Å². The zero-order valence-corrected chi connectivity index (χ0v) is 9.37. The van der Waals surface area contributed by atoms with Crippen molar-refractivity contribution in [3.8, 4) is 0 Å². The van der Waals surface area contributed by atoms with Gasteiger partial charge in [-0.2, -0.15) is 0 Å². The number of hydrogen-bond acceptors (Lipinski definition) is 4. The van der Waals surface area contributed by atoms with E-state index in [1.807, 2.05) is 20.8 Å². The second-order valence-electron chi connectivity index (χ2n) is 4.30. The summed E-state index contributed by atoms with van der Waals surface area (Å²) in [6.07, 6.45) is -0.857. The Hall–Kier alpha value is -1.30. The average Bonchev–Trinajstić information content (AvgIpc) is 2.09. The predicted molar refractivity (Wildman–Crippen MR) is 56.0 cm³/mol. The van der Waals surface area contributed by atoms with E-state index in [1.165, 1.54) is 0 Å². The molecule has 0 spiro atoms. The number of nitrogens with one attached hydrogen (secondary N) is 1. The van der Waals surface area contributed by atoms with E-state index in [-0.39, 0.29) is 24.5 Å². The third-order valence-corrected chi connectivity index (χ3v) is 1.86.